The molecule has 2 heterocycles. The van der Waals surface area contributed by atoms with Crippen LogP contribution in [0.5, 0.6) is 5.75 Å². The minimum absolute atomic E-state index is 0.143. The van der Waals surface area contributed by atoms with E-state index in [0.29, 0.717) is 17.8 Å². The first-order valence-electron chi connectivity index (χ1n) is 6.94. The minimum Gasteiger partial charge on any atom is -0.487 e. The Bertz CT molecular complexity index is 789. The van der Waals surface area contributed by atoms with Crippen LogP contribution in [0, 0.1) is 0 Å². The van der Waals surface area contributed by atoms with Gasteiger partial charge in [-0.2, -0.15) is 0 Å². The summed E-state index contributed by atoms with van der Waals surface area (Å²) in [7, 11) is 0. The van der Waals surface area contributed by atoms with E-state index in [2.05, 4.69) is 0 Å². The number of esters is 1. The van der Waals surface area contributed by atoms with Crippen molar-refractivity contribution >= 4 is 16.9 Å². The zero-order chi connectivity index (χ0) is 15.9. The van der Waals surface area contributed by atoms with Crippen LogP contribution in [0.3, 0.4) is 0 Å². The van der Waals surface area contributed by atoms with Gasteiger partial charge in [0, 0.05) is 30.9 Å². The average Bonchev–Trinajstić information content (AvgIpc) is 2.86. The highest BCUT2D eigenvalue weighted by Gasteiger charge is 2.39. The first kappa shape index (κ1) is 14.6. The maximum Gasteiger partial charge on any atom is 0.336 e. The van der Waals surface area contributed by atoms with E-state index in [0.717, 1.165) is 10.9 Å². The van der Waals surface area contributed by atoms with Crippen LogP contribution >= 0.6 is 0 Å². The second-order valence-corrected chi connectivity index (χ2v) is 5.70. The largest absolute Gasteiger partial charge is 0.487 e. The molecule has 0 saturated carbocycles. The van der Waals surface area contributed by atoms with Crippen LogP contribution in [-0.2, 0) is 16.0 Å². The number of hydrogen-bond acceptors (Lipinski definition) is 6. The number of hydrogen-bond donors (Lipinski definition) is 1. The van der Waals surface area contributed by atoms with Gasteiger partial charge < -0.3 is 19.0 Å². The van der Waals surface area contributed by atoms with Gasteiger partial charge in [-0.1, -0.05) is 0 Å². The summed E-state index contributed by atoms with van der Waals surface area (Å²) in [5.41, 5.74) is -0.387. The molecule has 1 aliphatic heterocycles. The van der Waals surface area contributed by atoms with Crippen LogP contribution in [0.2, 0.25) is 0 Å². The third-order valence-corrected chi connectivity index (χ3v) is 3.74. The van der Waals surface area contributed by atoms with E-state index >= 15 is 0 Å². The Kier molecular flexibility index (Phi) is 3.41. The summed E-state index contributed by atoms with van der Waals surface area (Å²) in [6.45, 7) is 2.71. The average molecular weight is 304 g/mol. The lowest BCUT2D eigenvalue weighted by atomic mass is 9.95. The molecule has 0 radical (unpaired) electrons. The molecule has 0 amide bonds. The second-order valence-electron chi connectivity index (χ2n) is 5.70. The van der Waals surface area contributed by atoms with E-state index < -0.39 is 23.3 Å². The smallest absolute Gasteiger partial charge is 0.336 e. The monoisotopic (exact) mass is 304 g/mol. The standard InChI is InChI=1S/C16H16O6/c1-9(17)20-8-16(2,19)14-6-11-5-10-3-4-15(18)22-12(10)7-13(11)21-14/h3-5,7,14,19H,6,8H2,1-2H3/t14-,16+/m1/s1. The molecule has 116 valence electrons. The third-order valence-electron chi connectivity index (χ3n) is 3.74. The molecule has 1 aliphatic rings. The number of aliphatic hydroxyl groups is 1. The van der Waals surface area contributed by atoms with Crippen molar-refractivity contribution in [2.75, 3.05) is 6.61 Å². The fraction of sp³-hybridized carbons (Fsp3) is 0.375. The first-order chi connectivity index (χ1) is 10.3. The molecule has 2 aromatic rings. The van der Waals surface area contributed by atoms with Crippen molar-refractivity contribution in [3.63, 3.8) is 0 Å². The van der Waals surface area contributed by atoms with Gasteiger partial charge in [-0.15, -0.1) is 0 Å². The Morgan fingerprint density at radius 2 is 2.23 bits per heavy atom. The van der Waals surface area contributed by atoms with Gasteiger partial charge in [0.05, 0.1) is 0 Å². The lowest BCUT2D eigenvalue weighted by Crippen LogP contribution is -2.46. The molecular formula is C16H16O6. The molecule has 0 fully saturated rings. The maximum absolute atomic E-state index is 11.3. The van der Waals surface area contributed by atoms with Gasteiger partial charge in [0.25, 0.3) is 0 Å². The summed E-state index contributed by atoms with van der Waals surface area (Å²) in [5, 5.41) is 11.2. The number of benzene rings is 1. The van der Waals surface area contributed by atoms with E-state index in [9.17, 15) is 14.7 Å². The molecule has 0 aliphatic carbocycles. The van der Waals surface area contributed by atoms with Gasteiger partial charge in [-0.3, -0.25) is 4.79 Å². The maximum atomic E-state index is 11.3. The second kappa shape index (κ2) is 5.14. The van der Waals surface area contributed by atoms with Crippen molar-refractivity contribution in [2.45, 2.75) is 32.0 Å². The zero-order valence-corrected chi connectivity index (χ0v) is 12.3. The van der Waals surface area contributed by atoms with Crippen LogP contribution in [0.25, 0.3) is 11.0 Å². The van der Waals surface area contributed by atoms with Crippen molar-refractivity contribution in [3.8, 4) is 5.75 Å². The van der Waals surface area contributed by atoms with Crippen molar-refractivity contribution < 1.29 is 23.8 Å². The van der Waals surface area contributed by atoms with Crippen molar-refractivity contribution in [3.05, 3.63) is 40.2 Å². The van der Waals surface area contributed by atoms with E-state index in [1.807, 2.05) is 6.07 Å². The zero-order valence-electron chi connectivity index (χ0n) is 12.3. The van der Waals surface area contributed by atoms with Gasteiger partial charge in [0.15, 0.2) is 0 Å². The topological polar surface area (TPSA) is 86.0 Å². The van der Waals surface area contributed by atoms with Crippen LogP contribution in [0.4, 0.5) is 0 Å². The molecular weight excluding hydrogens is 288 g/mol. The highest BCUT2D eigenvalue weighted by atomic mass is 16.6. The van der Waals surface area contributed by atoms with E-state index in [4.69, 9.17) is 13.9 Å². The predicted octanol–water partition coefficient (Wildman–Crippen LogP) is 1.41. The fourth-order valence-corrected chi connectivity index (χ4v) is 2.50. The number of carbonyl (C=O) groups excluding carboxylic acids is 1. The lowest BCUT2D eigenvalue weighted by molar-refractivity contribution is -0.153. The minimum atomic E-state index is -1.31. The number of ether oxygens (including phenoxy) is 2. The summed E-state index contributed by atoms with van der Waals surface area (Å²) in [4.78, 5) is 22.2. The summed E-state index contributed by atoms with van der Waals surface area (Å²) >= 11 is 0. The highest BCUT2D eigenvalue weighted by Crippen LogP contribution is 2.36. The lowest BCUT2D eigenvalue weighted by Gasteiger charge is -2.28. The van der Waals surface area contributed by atoms with Crippen LogP contribution in [0.15, 0.2) is 33.5 Å². The Balaban J connectivity index is 1.87. The normalized spacial score (nSPS) is 19.3. The first-order valence-corrected chi connectivity index (χ1v) is 6.94. The summed E-state index contributed by atoms with van der Waals surface area (Å²) in [6, 6.07) is 6.56. The molecule has 0 bridgehead atoms. The Hall–Kier alpha value is -2.34. The Morgan fingerprint density at radius 1 is 1.45 bits per heavy atom. The molecule has 0 saturated heterocycles. The third kappa shape index (κ3) is 2.69. The molecule has 0 unspecified atom stereocenters. The molecule has 2 atom stereocenters. The molecule has 22 heavy (non-hydrogen) atoms. The highest BCUT2D eigenvalue weighted by molar-refractivity contribution is 5.79. The molecule has 1 aromatic heterocycles. The quantitative estimate of drug-likeness (QED) is 0.681. The van der Waals surface area contributed by atoms with Gasteiger partial charge in [0.1, 0.15) is 29.6 Å². The number of carbonyl (C=O) groups is 1. The predicted molar refractivity (Wildman–Crippen MR) is 77.9 cm³/mol. The molecule has 1 N–H and O–H groups in total. The van der Waals surface area contributed by atoms with Crippen molar-refractivity contribution in [1.29, 1.82) is 0 Å². The summed E-state index contributed by atoms with van der Waals surface area (Å²) < 4.78 is 15.8. The van der Waals surface area contributed by atoms with Crippen LogP contribution in [-0.4, -0.2) is 29.4 Å². The van der Waals surface area contributed by atoms with Gasteiger partial charge in [-0.25, -0.2) is 4.79 Å². The van der Waals surface area contributed by atoms with Gasteiger partial charge in [-0.05, 0) is 24.6 Å². The Labute approximate surface area is 126 Å². The van der Waals surface area contributed by atoms with Crippen LogP contribution in [0.1, 0.15) is 19.4 Å². The van der Waals surface area contributed by atoms with Crippen molar-refractivity contribution in [1.82, 2.24) is 0 Å². The van der Waals surface area contributed by atoms with Gasteiger partial charge in [0.2, 0.25) is 0 Å². The number of rotatable bonds is 3. The molecule has 1 aromatic carbocycles. The SMILES string of the molecule is CC(=O)OC[C@](C)(O)[C@H]1Cc2cc3ccc(=O)oc3cc2O1. The molecule has 6 heteroatoms. The summed E-state index contributed by atoms with van der Waals surface area (Å²) in [5.74, 6) is 0.109. The van der Waals surface area contributed by atoms with Crippen LogP contribution < -0.4 is 10.4 Å². The van der Waals surface area contributed by atoms with Gasteiger partial charge >= 0.3 is 11.6 Å². The van der Waals surface area contributed by atoms with E-state index in [1.54, 1.807) is 19.1 Å². The Morgan fingerprint density at radius 3 is 2.95 bits per heavy atom. The molecule has 6 nitrogen and oxygen atoms in total. The van der Waals surface area contributed by atoms with E-state index in [-0.39, 0.29) is 6.61 Å². The number of fused-ring (bicyclic) bond motifs is 2. The fourth-order valence-electron chi connectivity index (χ4n) is 2.50. The molecule has 3 rings (SSSR count). The van der Waals surface area contributed by atoms with Crippen molar-refractivity contribution in [2.24, 2.45) is 0 Å². The molecule has 0 spiro atoms. The van der Waals surface area contributed by atoms with E-state index in [1.165, 1.54) is 13.0 Å². The summed E-state index contributed by atoms with van der Waals surface area (Å²) in [6.07, 6.45) is -0.0519.